The Bertz CT molecular complexity index is 1130. The van der Waals surface area contributed by atoms with E-state index in [4.69, 9.17) is 4.42 Å². The summed E-state index contributed by atoms with van der Waals surface area (Å²) in [4.78, 5) is 27.0. The minimum Gasteiger partial charge on any atom is -0.408 e. The highest BCUT2D eigenvalue weighted by Crippen LogP contribution is 2.32. The Morgan fingerprint density at radius 1 is 1.11 bits per heavy atom. The van der Waals surface area contributed by atoms with Crippen LogP contribution in [0.2, 0.25) is 0 Å². The van der Waals surface area contributed by atoms with Gasteiger partial charge in [0.1, 0.15) is 0 Å². The second kappa shape index (κ2) is 6.51. The number of aromatic amines is 1. The van der Waals surface area contributed by atoms with Crippen molar-refractivity contribution in [3.05, 3.63) is 82.6 Å². The summed E-state index contributed by atoms with van der Waals surface area (Å²) in [5, 5.41) is 0. The monoisotopic (exact) mass is 361 g/mol. The van der Waals surface area contributed by atoms with Crippen LogP contribution < -0.4 is 5.76 Å². The van der Waals surface area contributed by atoms with E-state index >= 15 is 0 Å². The van der Waals surface area contributed by atoms with E-state index in [0.717, 1.165) is 35.6 Å². The number of aromatic nitrogens is 4. The zero-order chi connectivity index (χ0) is 18.2. The maximum Gasteiger partial charge on any atom is 0.419 e. The van der Waals surface area contributed by atoms with Gasteiger partial charge in [0.25, 0.3) is 0 Å². The summed E-state index contributed by atoms with van der Waals surface area (Å²) < 4.78 is 7.05. The molecule has 0 spiro atoms. The van der Waals surface area contributed by atoms with Crippen molar-refractivity contribution in [3.63, 3.8) is 0 Å². The number of pyridine rings is 1. The number of rotatable bonds is 4. The summed E-state index contributed by atoms with van der Waals surface area (Å²) in [6.07, 6.45) is 4.46. The van der Waals surface area contributed by atoms with Crippen LogP contribution in [0.4, 0.5) is 0 Å². The van der Waals surface area contributed by atoms with Gasteiger partial charge in [0.2, 0.25) is 0 Å². The lowest BCUT2D eigenvalue weighted by Gasteiger charge is -2.34. The van der Waals surface area contributed by atoms with Gasteiger partial charge in [-0.1, -0.05) is 18.2 Å². The van der Waals surface area contributed by atoms with Gasteiger partial charge in [-0.3, -0.25) is 14.5 Å². The van der Waals surface area contributed by atoms with Crippen molar-refractivity contribution in [2.24, 2.45) is 0 Å². The Morgan fingerprint density at radius 2 is 2.00 bits per heavy atom. The quantitative estimate of drug-likeness (QED) is 0.604. The second-order valence-corrected chi connectivity index (χ2v) is 6.70. The molecule has 7 heteroatoms. The minimum absolute atomic E-state index is 0.0185. The van der Waals surface area contributed by atoms with Crippen LogP contribution in [0.15, 0.2) is 64.2 Å². The zero-order valence-corrected chi connectivity index (χ0v) is 14.7. The highest BCUT2D eigenvalue weighted by atomic mass is 16.4. The van der Waals surface area contributed by atoms with Gasteiger partial charge in [0.15, 0.2) is 5.58 Å². The summed E-state index contributed by atoms with van der Waals surface area (Å²) in [7, 11) is 0. The van der Waals surface area contributed by atoms with E-state index in [9.17, 15) is 4.79 Å². The van der Waals surface area contributed by atoms with Crippen LogP contribution in [0.3, 0.4) is 0 Å². The number of nitrogens with one attached hydrogen (secondary N) is 1. The topological polar surface area (TPSA) is 80.0 Å². The first-order valence-electron chi connectivity index (χ1n) is 9.07. The maximum atomic E-state index is 12.3. The molecule has 0 fully saturated rings. The number of imidazole rings is 1. The number of nitrogens with zero attached hydrogens (tertiary/aromatic N) is 4. The normalized spacial score (nSPS) is 17.3. The van der Waals surface area contributed by atoms with E-state index in [1.165, 1.54) is 0 Å². The van der Waals surface area contributed by atoms with Crippen molar-refractivity contribution in [2.75, 3.05) is 13.1 Å². The fourth-order valence-corrected chi connectivity index (χ4v) is 3.88. The van der Waals surface area contributed by atoms with Crippen molar-refractivity contribution in [1.29, 1.82) is 0 Å². The molecule has 1 atom stereocenters. The average Bonchev–Trinajstić information content (AvgIpc) is 3.30. The molecule has 5 rings (SSSR count). The largest absolute Gasteiger partial charge is 0.419 e. The second-order valence-electron chi connectivity index (χ2n) is 6.70. The summed E-state index contributed by atoms with van der Waals surface area (Å²) in [5.74, 6) is -0.317. The number of benzene rings is 1. The number of H-pyrrole nitrogens is 1. The first-order valence-corrected chi connectivity index (χ1v) is 9.07. The Labute approximate surface area is 155 Å². The zero-order valence-electron chi connectivity index (χ0n) is 14.7. The highest BCUT2D eigenvalue weighted by molar-refractivity contribution is 5.72. The van der Waals surface area contributed by atoms with Crippen molar-refractivity contribution in [1.82, 2.24) is 24.4 Å². The summed E-state index contributed by atoms with van der Waals surface area (Å²) in [6.45, 7) is 2.14. The molecule has 0 saturated carbocycles. The molecule has 1 aromatic carbocycles. The molecule has 0 amide bonds. The van der Waals surface area contributed by atoms with Crippen LogP contribution >= 0.6 is 0 Å². The number of para-hydroxylation sites is 2. The maximum absolute atomic E-state index is 12.3. The van der Waals surface area contributed by atoms with Gasteiger partial charge in [-0.05, 0) is 24.3 Å². The number of hydrogen-bond donors (Lipinski definition) is 1. The first kappa shape index (κ1) is 16.0. The van der Waals surface area contributed by atoms with E-state index in [1.807, 2.05) is 48.7 Å². The first-order chi connectivity index (χ1) is 13.3. The van der Waals surface area contributed by atoms with Gasteiger partial charge >= 0.3 is 5.76 Å². The molecular weight excluding hydrogens is 342 g/mol. The van der Waals surface area contributed by atoms with E-state index < -0.39 is 0 Å². The Morgan fingerprint density at radius 3 is 2.89 bits per heavy atom. The fourth-order valence-electron chi connectivity index (χ4n) is 3.88. The third-order valence-corrected chi connectivity index (χ3v) is 5.18. The van der Waals surface area contributed by atoms with E-state index in [-0.39, 0.29) is 11.8 Å². The Balaban J connectivity index is 1.47. The van der Waals surface area contributed by atoms with Crippen LogP contribution in [0, 0.1) is 0 Å². The van der Waals surface area contributed by atoms with Gasteiger partial charge in [0.05, 0.1) is 29.3 Å². The van der Waals surface area contributed by atoms with Gasteiger partial charge < -0.3 is 9.40 Å². The molecule has 0 bridgehead atoms. The van der Waals surface area contributed by atoms with Crippen molar-refractivity contribution < 1.29 is 4.42 Å². The van der Waals surface area contributed by atoms with E-state index in [0.29, 0.717) is 18.7 Å². The molecule has 0 saturated heterocycles. The van der Waals surface area contributed by atoms with Crippen LogP contribution in [-0.2, 0) is 13.0 Å². The molecule has 3 aromatic heterocycles. The standard InChI is InChI=1S/C20H19N5O2/c26-20-25(16-6-1-2-7-17(16)27-20)12-11-24-10-8-14-18(23-13-22-14)19(24)15-5-3-4-9-21-15/h1-7,9,13,19H,8,10-12H2,(H,22,23)/t19-/m0/s1. The molecule has 136 valence electrons. The molecule has 4 aromatic rings. The smallest absolute Gasteiger partial charge is 0.408 e. The van der Waals surface area contributed by atoms with Gasteiger partial charge in [0, 0.05) is 37.9 Å². The van der Waals surface area contributed by atoms with Gasteiger partial charge in [-0.25, -0.2) is 9.78 Å². The molecule has 1 aliphatic rings. The molecular formula is C20H19N5O2. The van der Waals surface area contributed by atoms with Crippen molar-refractivity contribution in [2.45, 2.75) is 19.0 Å². The number of hydrogen-bond acceptors (Lipinski definition) is 5. The number of fused-ring (bicyclic) bond motifs is 2. The average molecular weight is 361 g/mol. The molecule has 1 aliphatic heterocycles. The van der Waals surface area contributed by atoms with Crippen LogP contribution in [0.1, 0.15) is 23.1 Å². The van der Waals surface area contributed by atoms with Crippen molar-refractivity contribution in [3.8, 4) is 0 Å². The summed E-state index contributed by atoms with van der Waals surface area (Å²) >= 11 is 0. The Hall–Kier alpha value is -3.19. The van der Waals surface area contributed by atoms with Crippen LogP contribution in [0.5, 0.6) is 0 Å². The van der Waals surface area contributed by atoms with E-state index in [1.54, 1.807) is 10.9 Å². The third-order valence-electron chi connectivity index (χ3n) is 5.18. The minimum atomic E-state index is -0.317. The fraction of sp³-hybridized carbons (Fsp3) is 0.250. The lowest BCUT2D eigenvalue weighted by atomic mass is 9.99. The van der Waals surface area contributed by atoms with E-state index in [2.05, 4.69) is 19.9 Å². The van der Waals surface area contributed by atoms with Gasteiger partial charge in [-0.15, -0.1) is 0 Å². The number of oxazole rings is 1. The third kappa shape index (κ3) is 2.76. The van der Waals surface area contributed by atoms with Gasteiger partial charge in [-0.2, -0.15) is 0 Å². The molecule has 1 N–H and O–H groups in total. The van der Waals surface area contributed by atoms with Crippen LogP contribution in [-0.4, -0.2) is 37.5 Å². The predicted octanol–water partition coefficient (Wildman–Crippen LogP) is 2.36. The van der Waals surface area contributed by atoms with Crippen LogP contribution in [0.25, 0.3) is 11.1 Å². The SMILES string of the molecule is O=c1oc2ccccc2n1CCN1CCc2[nH]cnc2[C@@H]1c1ccccn1. The molecule has 0 aliphatic carbocycles. The molecule has 0 unspecified atom stereocenters. The molecule has 7 nitrogen and oxygen atoms in total. The predicted molar refractivity (Wildman–Crippen MR) is 100 cm³/mol. The van der Waals surface area contributed by atoms with Crippen molar-refractivity contribution >= 4 is 11.1 Å². The molecule has 0 radical (unpaired) electrons. The molecule has 4 heterocycles. The highest BCUT2D eigenvalue weighted by Gasteiger charge is 2.31. The lowest BCUT2D eigenvalue weighted by Crippen LogP contribution is -2.39. The summed E-state index contributed by atoms with van der Waals surface area (Å²) in [6, 6.07) is 13.4. The summed E-state index contributed by atoms with van der Waals surface area (Å²) in [5.41, 5.74) is 4.60. The lowest BCUT2D eigenvalue weighted by molar-refractivity contribution is 0.197. The Kier molecular flexibility index (Phi) is 3.86. The molecule has 27 heavy (non-hydrogen) atoms.